The molecule has 10 heteroatoms. The second-order valence-electron chi connectivity index (χ2n) is 7.27. The van der Waals surface area contributed by atoms with Crippen molar-refractivity contribution in [3.8, 4) is 0 Å². The van der Waals surface area contributed by atoms with Crippen molar-refractivity contribution in [2.75, 3.05) is 13.1 Å². The molecule has 0 bridgehead atoms. The van der Waals surface area contributed by atoms with Crippen LogP contribution in [0, 0.1) is 6.92 Å². The summed E-state index contributed by atoms with van der Waals surface area (Å²) in [6.07, 6.45) is 8.54. The van der Waals surface area contributed by atoms with Crippen LogP contribution in [0.5, 0.6) is 0 Å². The van der Waals surface area contributed by atoms with Crippen LogP contribution in [0.3, 0.4) is 0 Å². The van der Waals surface area contributed by atoms with E-state index < -0.39 is 10.0 Å². The van der Waals surface area contributed by atoms with Gasteiger partial charge < -0.3 is 9.55 Å². The standard InChI is InChI=1S/C18H21N7O2S/c1-12-16(10-23(2)22-12)28(26,27)24-7-4-13(5-8-24)25-11-21-15-9-20-18-14(17(15)25)3-6-19-18/h3,6,9-11,13H,4-5,7-8H2,1-2H3,(H,19,20). The third-order valence-electron chi connectivity index (χ3n) is 5.52. The van der Waals surface area contributed by atoms with E-state index in [4.69, 9.17) is 0 Å². The highest BCUT2D eigenvalue weighted by atomic mass is 32.2. The number of nitrogens with zero attached hydrogens (tertiary/aromatic N) is 6. The Hall–Kier alpha value is -2.72. The summed E-state index contributed by atoms with van der Waals surface area (Å²) in [6, 6.07) is 2.21. The quantitative estimate of drug-likeness (QED) is 0.568. The van der Waals surface area contributed by atoms with E-state index in [1.807, 2.05) is 18.6 Å². The second-order valence-corrected chi connectivity index (χ2v) is 9.18. The van der Waals surface area contributed by atoms with Crippen molar-refractivity contribution >= 4 is 32.1 Å². The first-order valence-electron chi connectivity index (χ1n) is 9.24. The Bertz CT molecular complexity index is 1280. The number of pyridine rings is 1. The molecule has 0 atom stereocenters. The Balaban J connectivity index is 1.43. The first-order valence-corrected chi connectivity index (χ1v) is 10.7. The van der Waals surface area contributed by atoms with E-state index in [9.17, 15) is 8.42 Å². The number of sulfonamides is 1. The Morgan fingerprint density at radius 1 is 1.21 bits per heavy atom. The van der Waals surface area contributed by atoms with Gasteiger partial charge in [0.2, 0.25) is 10.0 Å². The molecule has 4 aromatic heterocycles. The fourth-order valence-electron chi connectivity index (χ4n) is 4.14. The molecule has 1 N–H and O–H groups in total. The smallest absolute Gasteiger partial charge is 0.246 e. The fourth-order valence-corrected chi connectivity index (χ4v) is 5.81. The molecule has 0 saturated carbocycles. The average molecular weight is 399 g/mol. The van der Waals surface area contributed by atoms with Gasteiger partial charge in [-0.25, -0.2) is 18.4 Å². The van der Waals surface area contributed by atoms with Crippen LogP contribution in [-0.4, -0.2) is 55.1 Å². The number of nitrogens with one attached hydrogen (secondary N) is 1. The van der Waals surface area contributed by atoms with E-state index in [2.05, 4.69) is 24.6 Å². The molecule has 1 fully saturated rings. The van der Waals surface area contributed by atoms with E-state index in [0.29, 0.717) is 23.7 Å². The summed E-state index contributed by atoms with van der Waals surface area (Å²) < 4.78 is 31.3. The third kappa shape index (κ3) is 2.55. The highest BCUT2D eigenvalue weighted by Gasteiger charge is 2.32. The largest absolute Gasteiger partial charge is 0.346 e. The zero-order valence-electron chi connectivity index (χ0n) is 15.7. The molecule has 1 aliphatic heterocycles. The maximum atomic E-state index is 13.0. The molecule has 0 unspecified atom stereocenters. The number of H-pyrrole nitrogens is 1. The number of rotatable bonds is 3. The molecule has 1 aliphatic rings. The first kappa shape index (κ1) is 17.4. The second kappa shape index (κ2) is 6.14. The topological polar surface area (TPSA) is 102 Å². The summed E-state index contributed by atoms with van der Waals surface area (Å²) in [4.78, 5) is 12.3. The molecule has 4 aromatic rings. The highest BCUT2D eigenvalue weighted by Crippen LogP contribution is 2.32. The summed E-state index contributed by atoms with van der Waals surface area (Å²) in [5.41, 5.74) is 3.28. The number of piperidine rings is 1. The Labute approximate surface area is 162 Å². The van der Waals surface area contributed by atoms with Crippen molar-refractivity contribution in [2.45, 2.75) is 30.7 Å². The molecular formula is C18H21N7O2S. The van der Waals surface area contributed by atoms with Gasteiger partial charge in [-0.15, -0.1) is 0 Å². The Morgan fingerprint density at radius 3 is 2.71 bits per heavy atom. The van der Waals surface area contributed by atoms with Crippen LogP contribution in [0.25, 0.3) is 22.1 Å². The molecule has 28 heavy (non-hydrogen) atoms. The molecule has 0 amide bonds. The van der Waals surface area contributed by atoms with Crippen molar-refractivity contribution in [3.63, 3.8) is 0 Å². The zero-order valence-corrected chi connectivity index (χ0v) is 16.5. The van der Waals surface area contributed by atoms with E-state index in [1.54, 1.807) is 35.4 Å². The monoisotopic (exact) mass is 399 g/mol. The summed E-state index contributed by atoms with van der Waals surface area (Å²) in [5, 5.41) is 5.21. The molecule has 0 radical (unpaired) electrons. The number of fused-ring (bicyclic) bond motifs is 3. The molecule has 0 aromatic carbocycles. The summed E-state index contributed by atoms with van der Waals surface area (Å²) in [7, 11) is -1.79. The summed E-state index contributed by atoms with van der Waals surface area (Å²) in [5.74, 6) is 0. The van der Waals surface area contributed by atoms with Crippen LogP contribution in [0.4, 0.5) is 0 Å². The minimum atomic E-state index is -3.52. The van der Waals surface area contributed by atoms with Crippen LogP contribution >= 0.6 is 0 Å². The van der Waals surface area contributed by atoms with Crippen molar-refractivity contribution in [3.05, 3.63) is 36.7 Å². The predicted octanol–water partition coefficient (Wildman–Crippen LogP) is 1.98. The van der Waals surface area contributed by atoms with Gasteiger partial charge in [0.1, 0.15) is 16.1 Å². The normalized spacial score (nSPS) is 17.1. The van der Waals surface area contributed by atoms with Crippen LogP contribution in [0.1, 0.15) is 24.6 Å². The maximum absolute atomic E-state index is 13.0. The minimum Gasteiger partial charge on any atom is -0.346 e. The number of aromatic amines is 1. The number of hydrogen-bond donors (Lipinski definition) is 1. The molecule has 5 rings (SSSR count). The van der Waals surface area contributed by atoms with Gasteiger partial charge in [0.05, 0.1) is 23.7 Å². The minimum absolute atomic E-state index is 0.201. The van der Waals surface area contributed by atoms with Crippen LogP contribution < -0.4 is 0 Å². The van der Waals surface area contributed by atoms with Crippen molar-refractivity contribution < 1.29 is 8.42 Å². The number of aromatic nitrogens is 6. The number of aryl methyl sites for hydroxylation is 2. The van der Waals surface area contributed by atoms with Gasteiger partial charge in [-0.2, -0.15) is 9.40 Å². The van der Waals surface area contributed by atoms with Gasteiger partial charge >= 0.3 is 0 Å². The van der Waals surface area contributed by atoms with E-state index in [1.165, 1.54) is 0 Å². The lowest BCUT2D eigenvalue weighted by atomic mass is 10.1. The Morgan fingerprint density at radius 2 is 2.00 bits per heavy atom. The van der Waals surface area contributed by atoms with Gasteiger partial charge in [0.25, 0.3) is 0 Å². The molecule has 9 nitrogen and oxygen atoms in total. The van der Waals surface area contributed by atoms with Crippen LogP contribution in [0.15, 0.2) is 35.9 Å². The summed E-state index contributed by atoms with van der Waals surface area (Å²) in [6.45, 7) is 2.68. The maximum Gasteiger partial charge on any atom is 0.246 e. The lowest BCUT2D eigenvalue weighted by Gasteiger charge is -2.32. The average Bonchev–Trinajstić information content (AvgIpc) is 3.38. The number of imidazole rings is 1. The molecule has 146 valence electrons. The van der Waals surface area contributed by atoms with Gasteiger partial charge in [0, 0.05) is 44.0 Å². The number of hydrogen-bond acceptors (Lipinski definition) is 5. The van der Waals surface area contributed by atoms with E-state index in [0.717, 1.165) is 34.9 Å². The fraction of sp³-hybridized carbons (Fsp3) is 0.389. The lowest BCUT2D eigenvalue weighted by Crippen LogP contribution is -2.39. The molecular weight excluding hydrogens is 378 g/mol. The lowest BCUT2D eigenvalue weighted by molar-refractivity contribution is 0.277. The Kier molecular flexibility index (Phi) is 3.81. The molecule has 5 heterocycles. The SMILES string of the molecule is Cc1nn(C)cc1S(=O)(=O)N1CCC(n2cnc3cnc4[nH]ccc4c32)CC1. The first-order chi connectivity index (χ1) is 13.4. The van der Waals surface area contributed by atoms with Crippen LogP contribution in [-0.2, 0) is 17.1 Å². The zero-order chi connectivity index (χ0) is 19.5. The summed E-state index contributed by atoms with van der Waals surface area (Å²) >= 11 is 0. The van der Waals surface area contributed by atoms with Crippen molar-refractivity contribution in [1.29, 1.82) is 0 Å². The molecule has 1 saturated heterocycles. The third-order valence-corrected chi connectivity index (χ3v) is 7.52. The highest BCUT2D eigenvalue weighted by molar-refractivity contribution is 7.89. The van der Waals surface area contributed by atoms with Crippen molar-refractivity contribution in [1.82, 2.24) is 33.6 Å². The molecule has 0 aliphatic carbocycles. The van der Waals surface area contributed by atoms with Gasteiger partial charge in [-0.3, -0.25) is 4.68 Å². The van der Waals surface area contributed by atoms with Crippen molar-refractivity contribution in [2.24, 2.45) is 7.05 Å². The van der Waals surface area contributed by atoms with Crippen LogP contribution in [0.2, 0.25) is 0 Å². The predicted molar refractivity (Wildman–Crippen MR) is 104 cm³/mol. The van der Waals surface area contributed by atoms with Gasteiger partial charge in [-0.1, -0.05) is 0 Å². The van der Waals surface area contributed by atoms with E-state index >= 15 is 0 Å². The van der Waals surface area contributed by atoms with E-state index in [-0.39, 0.29) is 6.04 Å². The molecule has 0 spiro atoms. The van der Waals surface area contributed by atoms with Gasteiger partial charge in [-0.05, 0) is 25.8 Å². The van der Waals surface area contributed by atoms with Gasteiger partial charge in [0.15, 0.2) is 0 Å².